The summed E-state index contributed by atoms with van der Waals surface area (Å²) in [4.78, 5) is 17.7. The molecule has 2 bridgehead atoms. The lowest BCUT2D eigenvalue weighted by molar-refractivity contribution is 0.0972. The minimum atomic E-state index is 0.458. The summed E-state index contributed by atoms with van der Waals surface area (Å²) in [6.45, 7) is 3.58. The van der Waals surface area contributed by atoms with Gasteiger partial charge in [0.15, 0.2) is 0 Å². The van der Waals surface area contributed by atoms with Crippen LogP contribution in [0.3, 0.4) is 0 Å². The average Bonchev–Trinajstić information content (AvgIpc) is 2.48. The summed E-state index contributed by atoms with van der Waals surface area (Å²) in [6.07, 6.45) is 2.56. The molecule has 3 aliphatic rings. The van der Waals surface area contributed by atoms with E-state index in [9.17, 15) is 0 Å². The fraction of sp³-hybridized carbons (Fsp3) is 0.769. The molecule has 0 amide bonds. The minimum Gasteiger partial charge on any atom is -0.357 e. The van der Waals surface area contributed by atoms with Crippen molar-refractivity contribution in [2.75, 3.05) is 56.3 Å². The van der Waals surface area contributed by atoms with Gasteiger partial charge in [0.1, 0.15) is 0 Å². The second-order valence-electron chi connectivity index (χ2n) is 5.82. The molecule has 7 nitrogen and oxygen atoms in total. The summed E-state index contributed by atoms with van der Waals surface area (Å²) in [5.41, 5.74) is 0. The summed E-state index contributed by atoms with van der Waals surface area (Å²) in [5, 5.41) is 6.51. The molecule has 0 saturated carbocycles. The van der Waals surface area contributed by atoms with E-state index >= 15 is 0 Å². The van der Waals surface area contributed by atoms with Gasteiger partial charge < -0.3 is 20.4 Å². The van der Waals surface area contributed by atoms with Crippen LogP contribution in [-0.4, -0.2) is 66.7 Å². The van der Waals surface area contributed by atoms with Crippen LogP contribution < -0.4 is 15.5 Å². The SMILES string of the molecule is CNc1nc(NC2CN3CCC2CC3)nc(N(C)C)n1. The third kappa shape index (κ3) is 2.63. The standard InChI is InChI=1S/C13H23N7/c1-14-11-16-12(18-13(17-11)19(2)3)15-10-8-20-6-4-9(10)5-7-20/h9-10H,4-8H2,1-3H3,(H2,14,15,16,17,18). The number of nitrogens with one attached hydrogen (secondary N) is 2. The van der Waals surface area contributed by atoms with Gasteiger partial charge in [0.25, 0.3) is 0 Å². The number of nitrogens with zero attached hydrogens (tertiary/aromatic N) is 5. The highest BCUT2D eigenvalue weighted by molar-refractivity contribution is 5.43. The third-order valence-corrected chi connectivity index (χ3v) is 4.22. The van der Waals surface area contributed by atoms with E-state index in [0.29, 0.717) is 23.9 Å². The van der Waals surface area contributed by atoms with Crippen molar-refractivity contribution in [2.24, 2.45) is 5.92 Å². The Hall–Kier alpha value is -1.63. The summed E-state index contributed by atoms with van der Waals surface area (Å²) in [7, 11) is 5.70. The van der Waals surface area contributed by atoms with Gasteiger partial charge in [-0.2, -0.15) is 15.0 Å². The van der Waals surface area contributed by atoms with Gasteiger partial charge in [-0.1, -0.05) is 0 Å². The van der Waals surface area contributed by atoms with Gasteiger partial charge in [0, 0.05) is 33.7 Å². The maximum absolute atomic E-state index is 4.49. The van der Waals surface area contributed by atoms with Crippen molar-refractivity contribution in [3.8, 4) is 0 Å². The van der Waals surface area contributed by atoms with Crippen molar-refractivity contribution in [3.63, 3.8) is 0 Å². The van der Waals surface area contributed by atoms with Crippen molar-refractivity contribution in [3.05, 3.63) is 0 Å². The number of hydrogen-bond donors (Lipinski definition) is 2. The average molecular weight is 277 g/mol. The lowest BCUT2D eigenvalue weighted by Crippen LogP contribution is -2.53. The molecular formula is C13H23N7. The zero-order valence-electron chi connectivity index (χ0n) is 12.4. The fourth-order valence-corrected chi connectivity index (χ4v) is 3.04. The lowest BCUT2D eigenvalue weighted by Gasteiger charge is -2.44. The number of aromatic nitrogens is 3. The second-order valence-corrected chi connectivity index (χ2v) is 5.82. The fourth-order valence-electron chi connectivity index (χ4n) is 3.04. The predicted octanol–water partition coefficient (Wildman–Crippen LogP) is 0.485. The van der Waals surface area contributed by atoms with Gasteiger partial charge in [-0.25, -0.2) is 0 Å². The molecule has 1 atom stereocenters. The zero-order valence-corrected chi connectivity index (χ0v) is 12.4. The normalized spacial score (nSPS) is 28.2. The van der Waals surface area contributed by atoms with Crippen LogP contribution in [0.15, 0.2) is 0 Å². The largest absolute Gasteiger partial charge is 0.357 e. The van der Waals surface area contributed by atoms with E-state index < -0.39 is 0 Å². The number of piperidine rings is 3. The highest BCUT2D eigenvalue weighted by Crippen LogP contribution is 2.29. The summed E-state index contributed by atoms with van der Waals surface area (Å²) < 4.78 is 0. The molecule has 2 N–H and O–H groups in total. The lowest BCUT2D eigenvalue weighted by atomic mass is 9.84. The smallest absolute Gasteiger partial charge is 0.231 e. The van der Waals surface area contributed by atoms with Crippen molar-refractivity contribution in [1.82, 2.24) is 19.9 Å². The van der Waals surface area contributed by atoms with E-state index in [1.807, 2.05) is 26.0 Å². The molecule has 0 aromatic carbocycles. The minimum absolute atomic E-state index is 0.458. The van der Waals surface area contributed by atoms with Gasteiger partial charge in [-0.05, 0) is 31.8 Å². The van der Waals surface area contributed by atoms with E-state index in [2.05, 4.69) is 30.5 Å². The Morgan fingerprint density at radius 3 is 2.35 bits per heavy atom. The molecule has 3 fully saturated rings. The van der Waals surface area contributed by atoms with Gasteiger partial charge >= 0.3 is 0 Å². The molecule has 3 aliphatic heterocycles. The van der Waals surface area contributed by atoms with E-state index in [-0.39, 0.29) is 0 Å². The first-order chi connectivity index (χ1) is 9.65. The van der Waals surface area contributed by atoms with Crippen LogP contribution in [0, 0.1) is 5.92 Å². The van der Waals surface area contributed by atoms with Crippen LogP contribution in [0.4, 0.5) is 17.8 Å². The molecular weight excluding hydrogens is 254 g/mol. The van der Waals surface area contributed by atoms with Crippen LogP contribution in [-0.2, 0) is 0 Å². The van der Waals surface area contributed by atoms with Crippen molar-refractivity contribution >= 4 is 17.8 Å². The van der Waals surface area contributed by atoms with E-state index in [1.54, 1.807) is 0 Å². The quantitative estimate of drug-likeness (QED) is 0.830. The Morgan fingerprint density at radius 1 is 1.10 bits per heavy atom. The molecule has 4 rings (SSSR count). The number of anilines is 3. The monoisotopic (exact) mass is 277 g/mol. The van der Waals surface area contributed by atoms with Crippen LogP contribution in [0.25, 0.3) is 0 Å². The van der Waals surface area contributed by atoms with Crippen LogP contribution in [0.1, 0.15) is 12.8 Å². The van der Waals surface area contributed by atoms with E-state index in [1.165, 1.54) is 25.9 Å². The number of hydrogen-bond acceptors (Lipinski definition) is 7. The first-order valence-electron chi connectivity index (χ1n) is 7.26. The van der Waals surface area contributed by atoms with Crippen LogP contribution in [0.5, 0.6) is 0 Å². The number of fused-ring (bicyclic) bond motifs is 3. The Bertz CT molecular complexity index is 468. The Kier molecular flexibility index (Phi) is 3.60. The maximum Gasteiger partial charge on any atom is 0.231 e. The summed E-state index contributed by atoms with van der Waals surface area (Å²) in [5.74, 6) is 2.70. The number of rotatable bonds is 4. The van der Waals surface area contributed by atoms with Crippen LogP contribution in [0.2, 0.25) is 0 Å². The highest BCUT2D eigenvalue weighted by atomic mass is 15.3. The highest BCUT2D eigenvalue weighted by Gasteiger charge is 2.34. The predicted molar refractivity (Wildman–Crippen MR) is 80.3 cm³/mol. The summed E-state index contributed by atoms with van der Waals surface area (Å²) >= 11 is 0. The first-order valence-corrected chi connectivity index (χ1v) is 7.26. The molecule has 1 aromatic rings. The topological polar surface area (TPSA) is 69.2 Å². The Balaban J connectivity index is 1.78. The molecule has 0 radical (unpaired) electrons. The zero-order chi connectivity index (χ0) is 14.1. The van der Waals surface area contributed by atoms with Gasteiger partial charge in [-0.15, -0.1) is 0 Å². The van der Waals surface area contributed by atoms with Gasteiger partial charge in [-0.3, -0.25) is 0 Å². The molecule has 1 unspecified atom stereocenters. The molecule has 0 aliphatic carbocycles. The van der Waals surface area contributed by atoms with Crippen molar-refractivity contribution in [2.45, 2.75) is 18.9 Å². The van der Waals surface area contributed by atoms with E-state index in [4.69, 9.17) is 0 Å². The third-order valence-electron chi connectivity index (χ3n) is 4.22. The van der Waals surface area contributed by atoms with Crippen molar-refractivity contribution in [1.29, 1.82) is 0 Å². The first kappa shape index (κ1) is 13.4. The summed E-state index contributed by atoms with van der Waals surface area (Å²) in [6, 6.07) is 0.458. The molecule has 4 heterocycles. The Labute approximate surface area is 119 Å². The maximum atomic E-state index is 4.49. The van der Waals surface area contributed by atoms with Crippen molar-refractivity contribution < 1.29 is 0 Å². The second kappa shape index (κ2) is 5.40. The van der Waals surface area contributed by atoms with Crippen LogP contribution >= 0.6 is 0 Å². The molecule has 20 heavy (non-hydrogen) atoms. The molecule has 0 spiro atoms. The molecule has 1 aromatic heterocycles. The van der Waals surface area contributed by atoms with E-state index in [0.717, 1.165) is 12.5 Å². The molecule has 3 saturated heterocycles. The molecule has 110 valence electrons. The van der Waals surface area contributed by atoms with Gasteiger partial charge in [0.05, 0.1) is 0 Å². The molecule has 7 heteroatoms. The Morgan fingerprint density at radius 2 is 1.80 bits per heavy atom. The van der Waals surface area contributed by atoms with Gasteiger partial charge in [0.2, 0.25) is 17.8 Å².